The van der Waals surface area contributed by atoms with Crippen LogP contribution < -0.4 is 15.4 Å². The van der Waals surface area contributed by atoms with Gasteiger partial charge in [0.1, 0.15) is 11.4 Å². The first-order chi connectivity index (χ1) is 7.88. The fourth-order valence-corrected chi connectivity index (χ4v) is 2.13. The average Bonchev–Trinajstić information content (AvgIpc) is 2.35. The molecule has 1 aliphatic carbocycles. The minimum absolute atomic E-state index is 0.871. The summed E-state index contributed by atoms with van der Waals surface area (Å²) in [6.45, 7) is 0. The van der Waals surface area contributed by atoms with E-state index in [4.69, 9.17) is 4.74 Å². The molecule has 0 spiro atoms. The predicted molar refractivity (Wildman–Crippen MR) is 65.6 cm³/mol. The van der Waals surface area contributed by atoms with Crippen molar-refractivity contribution in [2.24, 2.45) is 0 Å². The molecule has 2 N–H and O–H groups in total. The molecule has 16 heavy (non-hydrogen) atoms. The van der Waals surface area contributed by atoms with Crippen LogP contribution in [0.25, 0.3) is 0 Å². The highest BCUT2D eigenvalue weighted by Gasteiger charge is 2.20. The van der Waals surface area contributed by atoms with Crippen LogP contribution in [0, 0.1) is 0 Å². The zero-order chi connectivity index (χ0) is 11.0. The minimum Gasteiger partial charge on any atom is -0.494 e. The van der Waals surface area contributed by atoms with E-state index >= 15 is 0 Å². The van der Waals surface area contributed by atoms with Crippen molar-refractivity contribution in [1.29, 1.82) is 0 Å². The molecule has 0 fully saturated rings. The summed E-state index contributed by atoms with van der Waals surface area (Å²) >= 11 is 0. The van der Waals surface area contributed by atoms with Gasteiger partial charge >= 0.3 is 0 Å². The van der Waals surface area contributed by atoms with Crippen molar-refractivity contribution in [3.63, 3.8) is 0 Å². The molecule has 0 atom stereocenters. The molecule has 0 amide bonds. The number of fused-ring (bicyclic) bond motifs is 2. The first-order valence-electron chi connectivity index (χ1n) is 5.50. The molecular formula is C13H14N2O. The van der Waals surface area contributed by atoms with E-state index in [-0.39, 0.29) is 0 Å². The summed E-state index contributed by atoms with van der Waals surface area (Å²) in [5.41, 5.74) is 4.43. The molecule has 1 heterocycles. The second-order valence-electron chi connectivity index (χ2n) is 3.95. The molecule has 0 saturated heterocycles. The van der Waals surface area contributed by atoms with Crippen LogP contribution in [0.1, 0.15) is 12.8 Å². The van der Waals surface area contributed by atoms with E-state index in [2.05, 4.69) is 28.9 Å². The highest BCUT2D eigenvalue weighted by molar-refractivity contribution is 5.83. The Morgan fingerprint density at radius 2 is 1.81 bits per heavy atom. The van der Waals surface area contributed by atoms with Crippen molar-refractivity contribution < 1.29 is 4.74 Å². The molecule has 0 bridgehead atoms. The molecule has 0 aromatic heterocycles. The maximum atomic E-state index is 5.34. The first kappa shape index (κ1) is 9.33. The molecule has 1 aliphatic heterocycles. The lowest BCUT2D eigenvalue weighted by atomic mass is 10.0. The van der Waals surface area contributed by atoms with Gasteiger partial charge in [0.05, 0.1) is 24.2 Å². The number of para-hydroxylation sites is 1. The Morgan fingerprint density at radius 1 is 1.06 bits per heavy atom. The highest BCUT2D eigenvalue weighted by Crippen LogP contribution is 2.39. The van der Waals surface area contributed by atoms with Crippen LogP contribution in [0.2, 0.25) is 0 Å². The lowest BCUT2D eigenvalue weighted by Gasteiger charge is -2.28. The normalized spacial score (nSPS) is 17.1. The molecule has 3 nitrogen and oxygen atoms in total. The number of hydrogen-bond donors (Lipinski definition) is 2. The van der Waals surface area contributed by atoms with Crippen molar-refractivity contribution in [3.8, 4) is 5.75 Å². The molecule has 0 unspecified atom stereocenters. The van der Waals surface area contributed by atoms with Gasteiger partial charge in [0.2, 0.25) is 0 Å². The number of methoxy groups -OCH3 is 1. The van der Waals surface area contributed by atoms with Crippen LogP contribution in [0.15, 0.2) is 41.7 Å². The van der Waals surface area contributed by atoms with Gasteiger partial charge in [-0.25, -0.2) is 0 Å². The monoisotopic (exact) mass is 214 g/mol. The van der Waals surface area contributed by atoms with Gasteiger partial charge in [-0.15, -0.1) is 0 Å². The summed E-state index contributed by atoms with van der Waals surface area (Å²) in [7, 11) is 1.69. The third-order valence-corrected chi connectivity index (χ3v) is 2.93. The fourth-order valence-electron chi connectivity index (χ4n) is 2.13. The van der Waals surface area contributed by atoms with Crippen molar-refractivity contribution in [2.75, 3.05) is 17.7 Å². The molecule has 2 aliphatic rings. The van der Waals surface area contributed by atoms with Gasteiger partial charge < -0.3 is 15.4 Å². The van der Waals surface area contributed by atoms with Gasteiger partial charge in [-0.1, -0.05) is 18.2 Å². The van der Waals surface area contributed by atoms with Crippen LogP contribution in [0.4, 0.5) is 11.4 Å². The number of rotatable bonds is 1. The van der Waals surface area contributed by atoms with Crippen molar-refractivity contribution >= 4 is 11.4 Å². The third kappa shape index (κ3) is 1.36. The molecular weight excluding hydrogens is 200 g/mol. The summed E-state index contributed by atoms with van der Waals surface area (Å²) in [5, 5.41) is 6.85. The van der Waals surface area contributed by atoms with E-state index in [0.717, 1.165) is 35.7 Å². The Bertz CT molecular complexity index is 489. The second-order valence-corrected chi connectivity index (χ2v) is 3.95. The average molecular weight is 214 g/mol. The molecule has 1 aromatic rings. The van der Waals surface area contributed by atoms with Gasteiger partial charge in [0, 0.05) is 0 Å². The zero-order valence-corrected chi connectivity index (χ0v) is 9.21. The van der Waals surface area contributed by atoms with Crippen LogP contribution in [-0.2, 0) is 0 Å². The zero-order valence-electron chi connectivity index (χ0n) is 9.21. The summed E-state index contributed by atoms with van der Waals surface area (Å²) in [6, 6.07) is 6.01. The quantitative estimate of drug-likeness (QED) is 0.753. The van der Waals surface area contributed by atoms with Crippen molar-refractivity contribution in [1.82, 2.24) is 0 Å². The van der Waals surface area contributed by atoms with Gasteiger partial charge in [0.25, 0.3) is 0 Å². The Morgan fingerprint density at radius 3 is 2.56 bits per heavy atom. The maximum Gasteiger partial charge on any atom is 0.144 e. The van der Waals surface area contributed by atoms with Crippen LogP contribution in [0.3, 0.4) is 0 Å². The number of nitrogens with one attached hydrogen (secondary N) is 2. The van der Waals surface area contributed by atoms with Gasteiger partial charge in [0.15, 0.2) is 0 Å². The standard InChI is InChI=1S/C13H14N2O/c1-16-12-8-4-7-11-13(12)15-10-6-3-2-5-9(10)14-11/h4-8,14-15H,2-3H2,1H3. The van der Waals surface area contributed by atoms with E-state index < -0.39 is 0 Å². The van der Waals surface area contributed by atoms with Gasteiger partial charge in [-0.05, 0) is 25.0 Å². The van der Waals surface area contributed by atoms with E-state index in [1.165, 1.54) is 5.70 Å². The molecule has 3 heteroatoms. The first-order valence-corrected chi connectivity index (χ1v) is 5.50. The topological polar surface area (TPSA) is 33.3 Å². The van der Waals surface area contributed by atoms with Crippen LogP contribution >= 0.6 is 0 Å². The second kappa shape index (κ2) is 3.59. The molecule has 3 rings (SSSR count). The lowest BCUT2D eigenvalue weighted by molar-refractivity contribution is 0.417. The van der Waals surface area contributed by atoms with Gasteiger partial charge in [-0.2, -0.15) is 0 Å². The Balaban J connectivity index is 2.08. The number of benzene rings is 1. The Hall–Kier alpha value is -1.90. The number of hydrogen-bond acceptors (Lipinski definition) is 3. The SMILES string of the molecule is COc1cccc2c1NC1=CCCC=C1N2. The van der Waals surface area contributed by atoms with Crippen LogP contribution in [0.5, 0.6) is 5.75 Å². The van der Waals surface area contributed by atoms with Crippen molar-refractivity contribution in [2.45, 2.75) is 12.8 Å². The fraction of sp³-hybridized carbons (Fsp3) is 0.231. The van der Waals surface area contributed by atoms with E-state index in [1.54, 1.807) is 7.11 Å². The van der Waals surface area contributed by atoms with E-state index in [0.29, 0.717) is 0 Å². The molecule has 0 radical (unpaired) electrons. The predicted octanol–water partition coefficient (Wildman–Crippen LogP) is 3.09. The highest BCUT2D eigenvalue weighted by atomic mass is 16.5. The third-order valence-electron chi connectivity index (χ3n) is 2.93. The largest absolute Gasteiger partial charge is 0.494 e. The summed E-state index contributed by atoms with van der Waals surface area (Å²) < 4.78 is 5.34. The van der Waals surface area contributed by atoms with Crippen LogP contribution in [-0.4, -0.2) is 7.11 Å². The number of anilines is 2. The summed E-state index contributed by atoms with van der Waals surface area (Å²) in [6.07, 6.45) is 6.65. The summed E-state index contributed by atoms with van der Waals surface area (Å²) in [5.74, 6) is 0.871. The molecule has 82 valence electrons. The Kier molecular flexibility index (Phi) is 2.10. The van der Waals surface area contributed by atoms with E-state index in [1.807, 2.05) is 12.1 Å². The lowest BCUT2D eigenvalue weighted by Crippen LogP contribution is -2.19. The smallest absolute Gasteiger partial charge is 0.144 e. The minimum atomic E-state index is 0.871. The number of ether oxygens (including phenoxy) is 1. The Labute approximate surface area is 94.8 Å². The van der Waals surface area contributed by atoms with Crippen molar-refractivity contribution in [3.05, 3.63) is 41.7 Å². The van der Waals surface area contributed by atoms with Gasteiger partial charge in [-0.3, -0.25) is 0 Å². The molecule has 0 saturated carbocycles. The van der Waals surface area contributed by atoms with E-state index in [9.17, 15) is 0 Å². The summed E-state index contributed by atoms with van der Waals surface area (Å²) in [4.78, 5) is 0. The number of allylic oxidation sites excluding steroid dienone is 2. The maximum absolute atomic E-state index is 5.34. The molecule has 1 aromatic carbocycles.